The molecule has 1 aliphatic rings. The first-order valence-corrected chi connectivity index (χ1v) is 9.54. The van der Waals surface area contributed by atoms with E-state index in [9.17, 15) is 14.0 Å². The maximum Gasteiger partial charge on any atom is 0.355 e. The Kier molecular flexibility index (Phi) is 7.10. The number of carbonyl (C=O) groups excluding carboxylic acids is 2. The third-order valence-electron chi connectivity index (χ3n) is 4.36. The molecule has 0 N–H and O–H groups in total. The monoisotopic (exact) mass is 443 g/mol. The standard InChI is InChI=1S/C23H19ClFNO5/c1-29-22(27)18-8-3-4-11-26(21(18)23(28)30-2)20-10-9-17(13-19(20)24)31-14-15-6-5-7-16(25)12-15/h3-13H,14H2,1-2H3. The van der Waals surface area contributed by atoms with Gasteiger partial charge in [-0.15, -0.1) is 0 Å². The number of ether oxygens (including phenoxy) is 3. The Labute approximate surface area is 183 Å². The van der Waals surface area contributed by atoms with Gasteiger partial charge in [-0.25, -0.2) is 14.0 Å². The van der Waals surface area contributed by atoms with E-state index in [1.54, 1.807) is 48.7 Å². The molecule has 3 rings (SSSR count). The van der Waals surface area contributed by atoms with Crippen LogP contribution in [0.4, 0.5) is 10.1 Å². The van der Waals surface area contributed by atoms with Crippen LogP contribution in [-0.2, 0) is 25.7 Å². The van der Waals surface area contributed by atoms with E-state index < -0.39 is 11.9 Å². The van der Waals surface area contributed by atoms with Gasteiger partial charge in [0.05, 0.1) is 30.5 Å². The second kappa shape index (κ2) is 9.95. The number of hydrogen-bond acceptors (Lipinski definition) is 6. The molecule has 2 aromatic carbocycles. The molecule has 0 spiro atoms. The van der Waals surface area contributed by atoms with E-state index in [2.05, 4.69) is 0 Å². The lowest BCUT2D eigenvalue weighted by molar-refractivity contribution is -0.139. The Bertz CT molecular complexity index is 1090. The molecule has 0 unspecified atom stereocenters. The van der Waals surface area contributed by atoms with Crippen molar-refractivity contribution in [1.82, 2.24) is 0 Å². The summed E-state index contributed by atoms with van der Waals surface area (Å²) in [6.45, 7) is 0.154. The van der Waals surface area contributed by atoms with E-state index in [1.165, 1.54) is 37.3 Å². The SMILES string of the molecule is COC(=O)C1=C(C(=O)OC)N(c2ccc(OCc3cccc(F)c3)cc2Cl)C=CC=C1. The van der Waals surface area contributed by atoms with Crippen molar-refractivity contribution in [3.8, 4) is 5.75 Å². The van der Waals surface area contributed by atoms with Crippen molar-refractivity contribution in [2.24, 2.45) is 0 Å². The molecule has 0 saturated carbocycles. The van der Waals surface area contributed by atoms with Crippen molar-refractivity contribution < 1.29 is 28.2 Å². The predicted molar refractivity (Wildman–Crippen MR) is 114 cm³/mol. The molecular weight excluding hydrogens is 425 g/mol. The van der Waals surface area contributed by atoms with Gasteiger partial charge in [-0.3, -0.25) is 0 Å². The molecule has 0 aromatic heterocycles. The van der Waals surface area contributed by atoms with Crippen LogP contribution in [0.5, 0.6) is 5.75 Å². The van der Waals surface area contributed by atoms with Crippen molar-refractivity contribution in [1.29, 1.82) is 0 Å². The van der Waals surface area contributed by atoms with Crippen LogP contribution in [0.15, 0.2) is 78.2 Å². The van der Waals surface area contributed by atoms with Crippen LogP contribution in [0.3, 0.4) is 0 Å². The Morgan fingerprint density at radius 2 is 1.81 bits per heavy atom. The fraction of sp³-hybridized carbons (Fsp3) is 0.130. The second-order valence-corrected chi connectivity index (χ2v) is 6.76. The second-order valence-electron chi connectivity index (χ2n) is 6.35. The average molecular weight is 444 g/mol. The molecule has 2 aromatic rings. The van der Waals surface area contributed by atoms with Gasteiger partial charge < -0.3 is 19.1 Å². The summed E-state index contributed by atoms with van der Waals surface area (Å²) in [6.07, 6.45) is 6.27. The van der Waals surface area contributed by atoms with Crippen molar-refractivity contribution >= 4 is 29.2 Å². The highest BCUT2D eigenvalue weighted by atomic mass is 35.5. The summed E-state index contributed by atoms with van der Waals surface area (Å²) in [4.78, 5) is 26.2. The van der Waals surface area contributed by atoms with Gasteiger partial charge >= 0.3 is 11.9 Å². The van der Waals surface area contributed by atoms with Crippen molar-refractivity contribution in [3.05, 3.63) is 94.6 Å². The molecule has 8 heteroatoms. The van der Waals surface area contributed by atoms with Crippen molar-refractivity contribution in [2.75, 3.05) is 19.1 Å². The van der Waals surface area contributed by atoms with Crippen LogP contribution < -0.4 is 9.64 Å². The first-order chi connectivity index (χ1) is 14.9. The summed E-state index contributed by atoms with van der Waals surface area (Å²) in [7, 11) is 2.43. The van der Waals surface area contributed by atoms with Crippen LogP contribution in [0, 0.1) is 5.82 Å². The molecule has 1 heterocycles. The number of nitrogens with zero attached hydrogens (tertiary/aromatic N) is 1. The minimum absolute atomic E-state index is 0.0156. The number of hydrogen-bond donors (Lipinski definition) is 0. The predicted octanol–water partition coefficient (Wildman–Crippen LogP) is 4.55. The van der Waals surface area contributed by atoms with Gasteiger partial charge in [0.1, 0.15) is 23.9 Å². The summed E-state index contributed by atoms with van der Waals surface area (Å²) in [5, 5.41) is 0.258. The molecule has 0 bridgehead atoms. The fourth-order valence-corrected chi connectivity index (χ4v) is 3.18. The van der Waals surface area contributed by atoms with E-state index in [0.717, 1.165) is 0 Å². The molecular formula is C23H19ClFNO5. The zero-order valence-corrected chi connectivity index (χ0v) is 17.6. The Balaban J connectivity index is 1.93. The van der Waals surface area contributed by atoms with Gasteiger partial charge in [-0.05, 0) is 42.0 Å². The number of esters is 2. The smallest absolute Gasteiger partial charge is 0.355 e. The number of methoxy groups -OCH3 is 2. The van der Waals surface area contributed by atoms with E-state index in [1.807, 2.05) is 0 Å². The summed E-state index contributed by atoms with van der Waals surface area (Å²) >= 11 is 6.47. The van der Waals surface area contributed by atoms with Gasteiger partial charge in [0, 0.05) is 12.3 Å². The lowest BCUT2D eigenvalue weighted by atomic mass is 10.1. The molecule has 0 saturated heterocycles. The van der Waals surface area contributed by atoms with Crippen LogP contribution in [0.2, 0.25) is 5.02 Å². The topological polar surface area (TPSA) is 65.1 Å². The molecule has 6 nitrogen and oxygen atoms in total. The van der Waals surface area contributed by atoms with E-state index in [0.29, 0.717) is 17.0 Å². The van der Waals surface area contributed by atoms with E-state index in [4.69, 9.17) is 25.8 Å². The molecule has 0 amide bonds. The summed E-state index contributed by atoms with van der Waals surface area (Å²) in [5.41, 5.74) is 1.05. The Morgan fingerprint density at radius 3 is 2.48 bits per heavy atom. The quantitative estimate of drug-likeness (QED) is 0.610. The molecule has 0 atom stereocenters. The summed E-state index contributed by atoms with van der Waals surface area (Å²) < 4.78 is 28.7. The maximum atomic E-state index is 13.3. The highest BCUT2D eigenvalue weighted by molar-refractivity contribution is 6.33. The Morgan fingerprint density at radius 1 is 1.03 bits per heavy atom. The minimum Gasteiger partial charge on any atom is -0.489 e. The molecule has 1 aliphatic heterocycles. The third kappa shape index (κ3) is 5.13. The highest BCUT2D eigenvalue weighted by Crippen LogP contribution is 2.34. The molecule has 0 radical (unpaired) electrons. The largest absolute Gasteiger partial charge is 0.489 e. The number of allylic oxidation sites excluding steroid dienone is 2. The van der Waals surface area contributed by atoms with Crippen molar-refractivity contribution in [3.63, 3.8) is 0 Å². The molecule has 160 valence electrons. The van der Waals surface area contributed by atoms with Crippen molar-refractivity contribution in [2.45, 2.75) is 6.61 Å². The van der Waals surface area contributed by atoms with Gasteiger partial charge in [-0.1, -0.05) is 29.8 Å². The van der Waals surface area contributed by atoms with Gasteiger partial charge in [0.25, 0.3) is 0 Å². The van der Waals surface area contributed by atoms with Gasteiger partial charge in [0.15, 0.2) is 0 Å². The third-order valence-corrected chi connectivity index (χ3v) is 4.67. The zero-order valence-electron chi connectivity index (χ0n) is 16.8. The average Bonchev–Trinajstić information content (AvgIpc) is 2.99. The highest BCUT2D eigenvalue weighted by Gasteiger charge is 2.28. The van der Waals surface area contributed by atoms with Crippen LogP contribution in [-0.4, -0.2) is 26.2 Å². The lowest BCUT2D eigenvalue weighted by Crippen LogP contribution is -2.27. The summed E-state index contributed by atoms with van der Waals surface area (Å²) in [5.74, 6) is -1.33. The van der Waals surface area contributed by atoms with E-state index in [-0.39, 0.29) is 28.7 Å². The normalized spacial score (nSPS) is 13.1. The number of benzene rings is 2. The van der Waals surface area contributed by atoms with E-state index >= 15 is 0 Å². The lowest BCUT2D eigenvalue weighted by Gasteiger charge is -2.24. The summed E-state index contributed by atoms with van der Waals surface area (Å²) in [6, 6.07) is 10.9. The van der Waals surface area contributed by atoms with Crippen LogP contribution >= 0.6 is 11.6 Å². The van der Waals surface area contributed by atoms with Crippen LogP contribution in [0.25, 0.3) is 0 Å². The minimum atomic E-state index is -0.737. The molecule has 0 aliphatic carbocycles. The maximum absolute atomic E-state index is 13.3. The van der Waals surface area contributed by atoms with Crippen LogP contribution in [0.1, 0.15) is 5.56 Å². The van der Waals surface area contributed by atoms with Gasteiger partial charge in [-0.2, -0.15) is 0 Å². The Hall–Kier alpha value is -3.58. The fourth-order valence-electron chi connectivity index (χ4n) is 2.92. The first kappa shape index (κ1) is 22.1. The number of anilines is 1. The zero-order chi connectivity index (χ0) is 22.4. The number of rotatable bonds is 6. The van der Waals surface area contributed by atoms with Gasteiger partial charge in [0.2, 0.25) is 0 Å². The number of halogens is 2. The number of carbonyl (C=O) groups is 2. The first-order valence-electron chi connectivity index (χ1n) is 9.16. The molecule has 31 heavy (non-hydrogen) atoms. The molecule has 0 fully saturated rings.